The molecule has 0 amide bonds. The van der Waals surface area contributed by atoms with E-state index in [1.54, 1.807) is 43.5 Å². The van der Waals surface area contributed by atoms with Crippen LogP contribution in [-0.4, -0.2) is 19.2 Å². The van der Waals surface area contributed by atoms with Crippen LogP contribution in [0.5, 0.6) is 11.5 Å². The number of hydrogen-bond acceptors (Lipinski definition) is 4. The molecule has 0 unspecified atom stereocenters. The van der Waals surface area contributed by atoms with Gasteiger partial charge >= 0.3 is 0 Å². The Morgan fingerprint density at radius 3 is 2.63 bits per heavy atom. The molecular formula is C14H12N2O3. The molecular weight excluding hydrogens is 244 g/mol. The van der Waals surface area contributed by atoms with Crippen molar-refractivity contribution >= 4 is 22.1 Å². The first-order valence-electron chi connectivity index (χ1n) is 5.78. The number of methoxy groups -OCH3 is 2. The van der Waals surface area contributed by atoms with Gasteiger partial charge in [-0.25, -0.2) is 4.98 Å². The lowest BCUT2D eigenvalue weighted by Crippen LogP contribution is -2.29. The summed E-state index contributed by atoms with van der Waals surface area (Å²) in [5.74, 6) is 1.18. The van der Waals surface area contributed by atoms with Gasteiger partial charge in [0.25, 0.3) is 5.52 Å². The number of fused-ring (bicyclic) bond motifs is 2. The van der Waals surface area contributed by atoms with Crippen molar-refractivity contribution in [2.45, 2.75) is 0 Å². The molecule has 5 nitrogen and oxygen atoms in total. The van der Waals surface area contributed by atoms with Gasteiger partial charge in [-0.15, -0.1) is 0 Å². The summed E-state index contributed by atoms with van der Waals surface area (Å²) in [7, 11) is 3.11. The van der Waals surface area contributed by atoms with Crippen LogP contribution < -0.4 is 14.2 Å². The van der Waals surface area contributed by atoms with Gasteiger partial charge in [0.15, 0.2) is 5.75 Å². The van der Waals surface area contributed by atoms with Crippen molar-refractivity contribution in [1.29, 1.82) is 0 Å². The second kappa shape index (κ2) is 4.28. The van der Waals surface area contributed by atoms with E-state index in [-0.39, 0.29) is 0 Å². The maximum Gasteiger partial charge on any atom is 0.285 e. The van der Waals surface area contributed by atoms with Crippen LogP contribution in [0.25, 0.3) is 22.1 Å². The fraction of sp³-hybridized carbons (Fsp3) is 0.143. The van der Waals surface area contributed by atoms with Gasteiger partial charge in [-0.3, -0.25) is 0 Å². The van der Waals surface area contributed by atoms with Crippen molar-refractivity contribution in [3.05, 3.63) is 41.6 Å². The van der Waals surface area contributed by atoms with Crippen molar-refractivity contribution in [3.63, 3.8) is 0 Å². The lowest BCUT2D eigenvalue weighted by atomic mass is 10.2. The Hall–Kier alpha value is -2.56. The first-order chi connectivity index (χ1) is 9.24. The van der Waals surface area contributed by atoms with E-state index in [2.05, 4.69) is 4.98 Å². The highest BCUT2D eigenvalue weighted by molar-refractivity contribution is 5.85. The van der Waals surface area contributed by atoms with Crippen LogP contribution in [0.1, 0.15) is 0 Å². The van der Waals surface area contributed by atoms with Crippen molar-refractivity contribution in [3.8, 4) is 11.5 Å². The predicted molar refractivity (Wildman–Crippen MR) is 71.3 cm³/mol. The molecule has 3 aromatic rings. The Balaban J connectivity index is 2.45. The van der Waals surface area contributed by atoms with E-state index in [0.717, 1.165) is 4.73 Å². The number of aromatic nitrogens is 2. The third-order valence-electron chi connectivity index (χ3n) is 3.04. The summed E-state index contributed by atoms with van der Waals surface area (Å²) in [6.07, 6.45) is 0. The Labute approximate surface area is 109 Å². The molecule has 0 aliphatic heterocycles. The zero-order valence-electron chi connectivity index (χ0n) is 10.6. The summed E-state index contributed by atoms with van der Waals surface area (Å²) in [5, 5.41) is 12.4. The molecule has 0 atom stereocenters. The Morgan fingerprint density at radius 2 is 1.89 bits per heavy atom. The summed E-state index contributed by atoms with van der Waals surface area (Å²) >= 11 is 0. The van der Waals surface area contributed by atoms with Crippen molar-refractivity contribution in [2.75, 3.05) is 14.2 Å². The molecule has 19 heavy (non-hydrogen) atoms. The van der Waals surface area contributed by atoms with Crippen LogP contribution in [0, 0.1) is 5.21 Å². The van der Waals surface area contributed by atoms with E-state index in [9.17, 15) is 5.21 Å². The lowest BCUT2D eigenvalue weighted by Gasteiger charge is -2.08. The number of hydrogen-bond donors (Lipinski definition) is 0. The summed E-state index contributed by atoms with van der Waals surface area (Å²) in [6, 6.07) is 10.5. The van der Waals surface area contributed by atoms with E-state index >= 15 is 0 Å². The summed E-state index contributed by atoms with van der Waals surface area (Å²) in [6.45, 7) is 0. The summed E-state index contributed by atoms with van der Waals surface area (Å²) in [4.78, 5) is 4.47. The number of nitrogens with zero attached hydrogens (tertiary/aromatic N) is 2. The van der Waals surface area contributed by atoms with Crippen molar-refractivity contribution < 1.29 is 14.2 Å². The molecule has 2 aromatic carbocycles. The maximum atomic E-state index is 12.4. The van der Waals surface area contributed by atoms with Crippen molar-refractivity contribution in [1.82, 2.24) is 4.98 Å². The molecule has 0 saturated heterocycles. The van der Waals surface area contributed by atoms with Gasteiger partial charge in [-0.2, -0.15) is 4.73 Å². The van der Waals surface area contributed by atoms with Crippen LogP contribution >= 0.6 is 0 Å². The molecule has 0 saturated carbocycles. The first-order valence-corrected chi connectivity index (χ1v) is 5.78. The average Bonchev–Trinajstić information content (AvgIpc) is 2.46. The van der Waals surface area contributed by atoms with Gasteiger partial charge in [-0.1, -0.05) is 6.07 Å². The van der Waals surface area contributed by atoms with Gasteiger partial charge in [0.1, 0.15) is 16.8 Å². The summed E-state index contributed by atoms with van der Waals surface area (Å²) in [5.41, 5.74) is 2.10. The van der Waals surface area contributed by atoms with Gasteiger partial charge < -0.3 is 14.7 Å². The highest BCUT2D eigenvalue weighted by Gasteiger charge is 2.16. The van der Waals surface area contributed by atoms with Crippen molar-refractivity contribution in [2.24, 2.45) is 0 Å². The Morgan fingerprint density at radius 1 is 1.05 bits per heavy atom. The highest BCUT2D eigenvalue weighted by atomic mass is 16.5. The first kappa shape index (κ1) is 11.5. The van der Waals surface area contributed by atoms with Crippen LogP contribution in [0.4, 0.5) is 0 Å². The third-order valence-corrected chi connectivity index (χ3v) is 3.04. The molecule has 3 rings (SSSR count). The summed E-state index contributed by atoms with van der Waals surface area (Å²) < 4.78 is 11.2. The minimum absolute atomic E-state index is 0.433. The maximum absolute atomic E-state index is 12.4. The standard InChI is InChI=1S/C14H12N2O3/c1-18-9-6-7-12-11(8-9)15-10-4-3-5-13(19-2)14(10)16(12)17/h3-8H,1-2H3. The van der Waals surface area contributed by atoms with E-state index in [1.807, 2.05) is 0 Å². The van der Waals surface area contributed by atoms with Gasteiger partial charge in [-0.05, 0) is 18.2 Å². The molecule has 0 fully saturated rings. The Kier molecular flexibility index (Phi) is 2.59. The fourth-order valence-corrected chi connectivity index (χ4v) is 2.11. The minimum Gasteiger partial charge on any atom is -0.618 e. The minimum atomic E-state index is 0.433. The third kappa shape index (κ3) is 1.71. The smallest absolute Gasteiger partial charge is 0.285 e. The Bertz CT molecular complexity index is 771. The number of para-hydroxylation sites is 1. The molecule has 0 radical (unpaired) electrons. The molecule has 0 N–H and O–H groups in total. The van der Waals surface area contributed by atoms with Crippen LogP contribution in [0.3, 0.4) is 0 Å². The zero-order valence-corrected chi connectivity index (χ0v) is 10.6. The molecule has 96 valence electrons. The number of benzene rings is 2. The largest absolute Gasteiger partial charge is 0.618 e. The SMILES string of the molecule is COc1ccc2c(c1)nc1cccc(OC)c1[n+]2[O-]. The molecule has 0 bridgehead atoms. The monoisotopic (exact) mass is 256 g/mol. The van der Waals surface area contributed by atoms with Crippen LogP contribution in [-0.2, 0) is 0 Å². The van der Waals surface area contributed by atoms with Gasteiger partial charge in [0.2, 0.25) is 5.52 Å². The number of rotatable bonds is 2. The molecule has 0 aliphatic rings. The van der Waals surface area contributed by atoms with E-state index in [0.29, 0.717) is 33.6 Å². The molecule has 0 aliphatic carbocycles. The van der Waals surface area contributed by atoms with Gasteiger partial charge in [0, 0.05) is 12.1 Å². The normalized spacial score (nSPS) is 10.8. The second-order valence-electron chi connectivity index (χ2n) is 4.09. The highest BCUT2D eigenvalue weighted by Crippen LogP contribution is 2.24. The van der Waals surface area contributed by atoms with Crippen LogP contribution in [0.2, 0.25) is 0 Å². The lowest BCUT2D eigenvalue weighted by molar-refractivity contribution is -0.548. The fourth-order valence-electron chi connectivity index (χ4n) is 2.11. The quantitative estimate of drug-likeness (QED) is 0.400. The van der Waals surface area contributed by atoms with E-state index in [1.165, 1.54) is 7.11 Å². The number of ether oxygens (including phenoxy) is 2. The average molecular weight is 256 g/mol. The van der Waals surface area contributed by atoms with E-state index < -0.39 is 0 Å². The molecule has 5 heteroatoms. The molecule has 1 heterocycles. The van der Waals surface area contributed by atoms with Gasteiger partial charge in [0.05, 0.1) is 14.2 Å². The predicted octanol–water partition coefficient (Wildman–Crippen LogP) is 2.04. The topological polar surface area (TPSA) is 58.3 Å². The second-order valence-corrected chi connectivity index (χ2v) is 4.09. The molecule has 1 aromatic heterocycles. The molecule has 0 spiro atoms. The zero-order chi connectivity index (χ0) is 13.4. The van der Waals surface area contributed by atoms with Crippen LogP contribution in [0.15, 0.2) is 36.4 Å². The van der Waals surface area contributed by atoms with E-state index in [4.69, 9.17) is 9.47 Å².